The number of nitrogens with zero attached hydrogens (tertiary/aromatic N) is 3. The van der Waals surface area contributed by atoms with Gasteiger partial charge in [0.2, 0.25) is 5.82 Å². The van der Waals surface area contributed by atoms with Crippen LogP contribution in [0.3, 0.4) is 0 Å². The largest absolute Gasteiger partial charge is 0.394 e. The average Bonchev–Trinajstić information content (AvgIpc) is 2.89. The fourth-order valence-corrected chi connectivity index (χ4v) is 1.33. The Kier molecular flexibility index (Phi) is 3.57. The van der Waals surface area contributed by atoms with Crippen LogP contribution in [0.1, 0.15) is 24.5 Å². The third-order valence-corrected chi connectivity index (χ3v) is 2.39. The standard InChI is InChI=1S/C12H14N4O3/c1-12(2,7-17)15-10(18)11-14-9(16-19-11)8-4-3-5-13-6-8/h3-6,17H,7H2,1-2H3,(H,15,18). The molecule has 7 nitrogen and oxygen atoms in total. The number of amides is 1. The summed E-state index contributed by atoms with van der Waals surface area (Å²) < 4.78 is 4.89. The molecule has 19 heavy (non-hydrogen) atoms. The highest BCUT2D eigenvalue weighted by molar-refractivity contribution is 5.90. The van der Waals surface area contributed by atoms with E-state index in [0.717, 1.165) is 0 Å². The lowest BCUT2D eigenvalue weighted by atomic mass is 10.1. The fraction of sp³-hybridized carbons (Fsp3) is 0.333. The summed E-state index contributed by atoms with van der Waals surface area (Å²) in [6.07, 6.45) is 3.20. The number of aromatic nitrogens is 3. The molecule has 2 aromatic heterocycles. The fourth-order valence-electron chi connectivity index (χ4n) is 1.33. The summed E-state index contributed by atoms with van der Waals surface area (Å²) in [6.45, 7) is 3.18. The van der Waals surface area contributed by atoms with Gasteiger partial charge in [0.25, 0.3) is 0 Å². The smallest absolute Gasteiger partial charge is 0.316 e. The summed E-state index contributed by atoms with van der Waals surface area (Å²) in [6, 6.07) is 3.50. The van der Waals surface area contributed by atoms with Gasteiger partial charge in [0.05, 0.1) is 12.1 Å². The van der Waals surface area contributed by atoms with Gasteiger partial charge < -0.3 is 14.9 Å². The van der Waals surface area contributed by atoms with Crippen LogP contribution in [0.4, 0.5) is 0 Å². The van der Waals surface area contributed by atoms with Crippen LogP contribution in [-0.2, 0) is 0 Å². The lowest BCUT2D eigenvalue weighted by Crippen LogP contribution is -2.46. The van der Waals surface area contributed by atoms with Gasteiger partial charge in [-0.1, -0.05) is 5.16 Å². The summed E-state index contributed by atoms with van der Waals surface area (Å²) in [5.74, 6) is -0.387. The highest BCUT2D eigenvalue weighted by Crippen LogP contribution is 2.14. The first kappa shape index (κ1) is 13.2. The molecular formula is C12H14N4O3. The van der Waals surface area contributed by atoms with Crippen molar-refractivity contribution < 1.29 is 14.4 Å². The molecule has 0 saturated heterocycles. The van der Waals surface area contributed by atoms with Gasteiger partial charge in [-0.15, -0.1) is 0 Å². The van der Waals surface area contributed by atoms with Gasteiger partial charge in [-0.25, -0.2) is 0 Å². The van der Waals surface area contributed by atoms with E-state index < -0.39 is 11.4 Å². The zero-order valence-corrected chi connectivity index (χ0v) is 10.6. The molecule has 2 heterocycles. The van der Waals surface area contributed by atoms with Crippen molar-refractivity contribution in [2.75, 3.05) is 6.61 Å². The van der Waals surface area contributed by atoms with Gasteiger partial charge >= 0.3 is 11.8 Å². The van der Waals surface area contributed by atoms with Crippen molar-refractivity contribution in [2.45, 2.75) is 19.4 Å². The van der Waals surface area contributed by atoms with Crippen LogP contribution in [0.15, 0.2) is 29.0 Å². The normalized spacial score (nSPS) is 11.3. The van der Waals surface area contributed by atoms with E-state index in [1.165, 1.54) is 0 Å². The third-order valence-electron chi connectivity index (χ3n) is 2.39. The van der Waals surface area contributed by atoms with Crippen LogP contribution in [0.25, 0.3) is 11.4 Å². The van der Waals surface area contributed by atoms with Crippen molar-refractivity contribution in [3.63, 3.8) is 0 Å². The molecule has 0 aliphatic heterocycles. The highest BCUT2D eigenvalue weighted by Gasteiger charge is 2.24. The van der Waals surface area contributed by atoms with Crippen LogP contribution in [0, 0.1) is 0 Å². The second-order valence-electron chi connectivity index (χ2n) is 4.66. The minimum absolute atomic E-state index is 0.152. The Morgan fingerprint density at radius 2 is 2.32 bits per heavy atom. The Labute approximate surface area is 109 Å². The second kappa shape index (κ2) is 5.15. The van der Waals surface area contributed by atoms with Crippen molar-refractivity contribution in [3.05, 3.63) is 30.4 Å². The number of pyridine rings is 1. The minimum atomic E-state index is -0.750. The summed E-state index contributed by atoms with van der Waals surface area (Å²) in [4.78, 5) is 19.7. The molecule has 0 aliphatic carbocycles. The average molecular weight is 262 g/mol. The quantitative estimate of drug-likeness (QED) is 0.838. The zero-order valence-electron chi connectivity index (χ0n) is 10.6. The van der Waals surface area contributed by atoms with E-state index in [1.54, 1.807) is 38.4 Å². The van der Waals surface area contributed by atoms with Crippen LogP contribution in [-0.4, -0.2) is 38.3 Å². The summed E-state index contributed by atoms with van der Waals surface area (Å²) >= 11 is 0. The molecule has 0 saturated carbocycles. The van der Waals surface area contributed by atoms with Gasteiger partial charge in [0, 0.05) is 18.0 Å². The molecule has 0 radical (unpaired) electrons. The van der Waals surface area contributed by atoms with Gasteiger partial charge in [0.15, 0.2) is 0 Å². The van der Waals surface area contributed by atoms with E-state index in [4.69, 9.17) is 9.63 Å². The van der Waals surface area contributed by atoms with E-state index in [2.05, 4.69) is 20.4 Å². The second-order valence-corrected chi connectivity index (χ2v) is 4.66. The maximum absolute atomic E-state index is 11.8. The van der Waals surface area contributed by atoms with E-state index in [-0.39, 0.29) is 12.5 Å². The predicted octanol–water partition coefficient (Wildman–Crippen LogP) is 0.632. The molecule has 2 rings (SSSR count). The number of rotatable bonds is 4. The Balaban J connectivity index is 2.16. The zero-order chi connectivity index (χ0) is 13.9. The Bertz CT molecular complexity index is 565. The molecule has 0 atom stereocenters. The van der Waals surface area contributed by atoms with Gasteiger partial charge in [-0.2, -0.15) is 4.98 Å². The third kappa shape index (κ3) is 3.14. The lowest BCUT2D eigenvalue weighted by Gasteiger charge is -2.21. The molecule has 2 aromatic rings. The van der Waals surface area contributed by atoms with Gasteiger partial charge in [-0.3, -0.25) is 9.78 Å². The molecule has 2 N–H and O–H groups in total. The molecule has 0 aliphatic rings. The number of hydrogen-bond acceptors (Lipinski definition) is 6. The van der Waals surface area contributed by atoms with Crippen molar-refractivity contribution in [3.8, 4) is 11.4 Å². The van der Waals surface area contributed by atoms with Crippen molar-refractivity contribution >= 4 is 5.91 Å². The predicted molar refractivity (Wildman–Crippen MR) is 66.2 cm³/mol. The van der Waals surface area contributed by atoms with E-state index in [9.17, 15) is 4.79 Å². The van der Waals surface area contributed by atoms with E-state index >= 15 is 0 Å². The Morgan fingerprint density at radius 1 is 1.53 bits per heavy atom. The monoisotopic (exact) mass is 262 g/mol. The number of carbonyl (C=O) groups is 1. The number of nitrogens with one attached hydrogen (secondary N) is 1. The van der Waals surface area contributed by atoms with Crippen molar-refractivity contribution in [2.24, 2.45) is 0 Å². The highest BCUT2D eigenvalue weighted by atomic mass is 16.5. The summed E-state index contributed by atoms with van der Waals surface area (Å²) in [7, 11) is 0. The molecule has 0 bridgehead atoms. The van der Waals surface area contributed by atoms with Crippen molar-refractivity contribution in [1.29, 1.82) is 0 Å². The maximum atomic E-state index is 11.8. The summed E-state index contributed by atoms with van der Waals surface area (Å²) in [5.41, 5.74) is -0.0910. The number of aliphatic hydroxyl groups excluding tert-OH is 1. The molecule has 0 fully saturated rings. The van der Waals surface area contributed by atoms with Crippen LogP contribution in [0.2, 0.25) is 0 Å². The number of aliphatic hydroxyl groups is 1. The first-order valence-corrected chi connectivity index (χ1v) is 5.69. The molecular weight excluding hydrogens is 248 g/mol. The number of hydrogen-bond donors (Lipinski definition) is 2. The first-order valence-electron chi connectivity index (χ1n) is 5.69. The van der Waals surface area contributed by atoms with E-state index in [1.807, 2.05) is 0 Å². The molecule has 7 heteroatoms. The molecule has 0 aromatic carbocycles. The maximum Gasteiger partial charge on any atom is 0.316 e. The van der Waals surface area contributed by atoms with E-state index in [0.29, 0.717) is 11.4 Å². The topological polar surface area (TPSA) is 101 Å². The van der Waals surface area contributed by atoms with Crippen LogP contribution in [0.5, 0.6) is 0 Å². The molecule has 1 amide bonds. The lowest BCUT2D eigenvalue weighted by molar-refractivity contribution is 0.0825. The van der Waals surface area contributed by atoms with Crippen LogP contribution < -0.4 is 5.32 Å². The SMILES string of the molecule is CC(C)(CO)NC(=O)c1nc(-c2cccnc2)no1. The van der Waals surface area contributed by atoms with Gasteiger partial charge in [-0.05, 0) is 26.0 Å². The number of carbonyl (C=O) groups excluding carboxylic acids is 1. The Morgan fingerprint density at radius 3 is 2.95 bits per heavy atom. The van der Waals surface area contributed by atoms with Crippen molar-refractivity contribution in [1.82, 2.24) is 20.4 Å². The minimum Gasteiger partial charge on any atom is -0.394 e. The first-order chi connectivity index (χ1) is 9.02. The summed E-state index contributed by atoms with van der Waals surface area (Å²) in [5, 5.41) is 15.4. The van der Waals surface area contributed by atoms with Crippen LogP contribution >= 0.6 is 0 Å². The van der Waals surface area contributed by atoms with Gasteiger partial charge in [0.1, 0.15) is 0 Å². The molecule has 100 valence electrons. The molecule has 0 unspecified atom stereocenters. The molecule has 0 spiro atoms. The Hall–Kier alpha value is -2.28.